The van der Waals surface area contributed by atoms with Crippen LogP contribution in [0.1, 0.15) is 47.0 Å². The normalized spacial score (nSPS) is 30.5. The van der Waals surface area contributed by atoms with Gasteiger partial charge in [-0.15, -0.1) is 0 Å². The summed E-state index contributed by atoms with van der Waals surface area (Å²) >= 11 is 0. The summed E-state index contributed by atoms with van der Waals surface area (Å²) in [5.74, 6) is 2.42. The van der Waals surface area contributed by atoms with Crippen molar-refractivity contribution in [2.75, 3.05) is 26.8 Å². The van der Waals surface area contributed by atoms with Crippen molar-refractivity contribution in [2.24, 2.45) is 23.2 Å². The molecule has 0 heterocycles. The van der Waals surface area contributed by atoms with Gasteiger partial charge in [-0.3, -0.25) is 0 Å². The number of rotatable bonds is 5. The Labute approximate surface area is 108 Å². The summed E-state index contributed by atoms with van der Waals surface area (Å²) in [6.45, 7) is 12.2. The first-order chi connectivity index (χ1) is 7.99. The molecule has 0 radical (unpaired) electrons. The topological polar surface area (TPSA) is 21.3 Å². The summed E-state index contributed by atoms with van der Waals surface area (Å²) in [5.41, 5.74) is 0.453. The molecule has 0 saturated heterocycles. The van der Waals surface area contributed by atoms with Crippen LogP contribution >= 0.6 is 0 Å². The smallest absolute Gasteiger partial charge is 0.0497 e. The average Bonchev–Trinajstić information content (AvgIpc) is 2.26. The fraction of sp³-hybridized carbons (Fsp3) is 1.00. The Hall–Kier alpha value is -0.0800. The Morgan fingerprint density at radius 3 is 2.41 bits per heavy atom. The van der Waals surface area contributed by atoms with E-state index in [1.165, 1.54) is 19.3 Å². The van der Waals surface area contributed by atoms with Crippen molar-refractivity contribution in [1.29, 1.82) is 0 Å². The zero-order valence-electron chi connectivity index (χ0n) is 12.4. The number of hydrogen-bond donors (Lipinski definition) is 1. The molecule has 2 heteroatoms. The lowest BCUT2D eigenvalue weighted by molar-refractivity contribution is 0.0275. The van der Waals surface area contributed by atoms with Crippen LogP contribution in [0, 0.1) is 23.2 Å². The molecule has 0 aromatic heterocycles. The molecule has 1 aliphatic rings. The van der Waals surface area contributed by atoms with Crippen molar-refractivity contribution in [3.63, 3.8) is 0 Å². The van der Waals surface area contributed by atoms with Gasteiger partial charge in [0, 0.05) is 13.2 Å². The summed E-state index contributed by atoms with van der Waals surface area (Å²) in [4.78, 5) is 0. The van der Waals surface area contributed by atoms with E-state index in [1.807, 2.05) is 0 Å². The van der Waals surface area contributed by atoms with Crippen molar-refractivity contribution in [2.45, 2.75) is 47.0 Å². The van der Waals surface area contributed by atoms with E-state index in [9.17, 15) is 0 Å². The average molecular weight is 241 g/mol. The molecule has 0 bridgehead atoms. The second kappa shape index (κ2) is 6.75. The lowest BCUT2D eigenvalue weighted by atomic mass is 9.65. The van der Waals surface area contributed by atoms with Gasteiger partial charge in [0.2, 0.25) is 0 Å². The third kappa shape index (κ3) is 4.59. The molecule has 0 aromatic carbocycles. The van der Waals surface area contributed by atoms with Gasteiger partial charge in [0.05, 0.1) is 0 Å². The van der Waals surface area contributed by atoms with Crippen molar-refractivity contribution in [3.8, 4) is 0 Å². The van der Waals surface area contributed by atoms with Crippen molar-refractivity contribution in [3.05, 3.63) is 0 Å². The van der Waals surface area contributed by atoms with Gasteiger partial charge in [0.15, 0.2) is 0 Å². The summed E-state index contributed by atoms with van der Waals surface area (Å²) in [6.07, 6.45) is 4.09. The fourth-order valence-electron chi connectivity index (χ4n) is 3.12. The van der Waals surface area contributed by atoms with Gasteiger partial charge < -0.3 is 10.1 Å². The lowest BCUT2D eigenvalue weighted by Gasteiger charge is -2.41. The Kier molecular flexibility index (Phi) is 5.94. The van der Waals surface area contributed by atoms with Crippen LogP contribution in [0.3, 0.4) is 0 Å². The molecule has 1 saturated carbocycles. The molecule has 3 atom stereocenters. The predicted molar refractivity (Wildman–Crippen MR) is 74.2 cm³/mol. The number of hydrogen-bond acceptors (Lipinski definition) is 2. The Morgan fingerprint density at radius 2 is 1.88 bits per heavy atom. The maximum Gasteiger partial charge on any atom is 0.0497 e. The van der Waals surface area contributed by atoms with Crippen molar-refractivity contribution < 1.29 is 4.74 Å². The molecule has 1 rings (SSSR count). The Balaban J connectivity index is 2.56. The Bertz CT molecular complexity index is 209. The highest BCUT2D eigenvalue weighted by Crippen LogP contribution is 2.42. The third-order valence-electron chi connectivity index (χ3n) is 4.37. The number of nitrogens with one attached hydrogen (secondary N) is 1. The van der Waals surface area contributed by atoms with E-state index in [0.717, 1.165) is 37.5 Å². The standard InChI is InChI=1S/C15H31NO/c1-6-17-11-13-9-14(15(2,3)4)8-7-12(13)10-16-5/h12-14,16H,6-11H2,1-5H3. The van der Waals surface area contributed by atoms with E-state index in [0.29, 0.717) is 5.41 Å². The maximum atomic E-state index is 5.68. The van der Waals surface area contributed by atoms with Gasteiger partial charge in [-0.2, -0.15) is 0 Å². The highest BCUT2D eigenvalue weighted by atomic mass is 16.5. The molecule has 102 valence electrons. The molecule has 0 aromatic rings. The largest absolute Gasteiger partial charge is 0.381 e. The molecule has 2 nitrogen and oxygen atoms in total. The van der Waals surface area contributed by atoms with Gasteiger partial charge >= 0.3 is 0 Å². The minimum atomic E-state index is 0.453. The quantitative estimate of drug-likeness (QED) is 0.797. The van der Waals surface area contributed by atoms with Crippen molar-refractivity contribution >= 4 is 0 Å². The SMILES string of the molecule is CCOCC1CC(C(C)(C)C)CCC1CNC. The second-order valence-electron chi connectivity index (χ2n) is 6.61. The van der Waals surface area contributed by atoms with Crippen LogP contribution in [0.5, 0.6) is 0 Å². The molecule has 0 amide bonds. The van der Waals surface area contributed by atoms with Crippen LogP contribution in [0.4, 0.5) is 0 Å². The summed E-state index contributed by atoms with van der Waals surface area (Å²) < 4.78 is 5.68. The first-order valence-corrected chi connectivity index (χ1v) is 7.21. The van der Waals surface area contributed by atoms with E-state index >= 15 is 0 Å². The predicted octanol–water partition coefficient (Wildman–Crippen LogP) is 3.32. The summed E-state index contributed by atoms with van der Waals surface area (Å²) in [7, 11) is 2.06. The molecular weight excluding hydrogens is 210 g/mol. The minimum absolute atomic E-state index is 0.453. The van der Waals surface area contributed by atoms with Crippen LogP contribution in [0.15, 0.2) is 0 Å². The van der Waals surface area contributed by atoms with E-state index < -0.39 is 0 Å². The van der Waals surface area contributed by atoms with Gasteiger partial charge in [-0.1, -0.05) is 20.8 Å². The summed E-state index contributed by atoms with van der Waals surface area (Å²) in [5, 5.41) is 3.34. The highest BCUT2D eigenvalue weighted by molar-refractivity contribution is 4.86. The zero-order valence-corrected chi connectivity index (χ0v) is 12.4. The van der Waals surface area contributed by atoms with E-state index in [2.05, 4.69) is 40.1 Å². The van der Waals surface area contributed by atoms with Gasteiger partial charge in [-0.05, 0) is 62.9 Å². The van der Waals surface area contributed by atoms with Gasteiger partial charge in [0.1, 0.15) is 0 Å². The van der Waals surface area contributed by atoms with Crippen LogP contribution in [0.2, 0.25) is 0 Å². The molecule has 1 fully saturated rings. The zero-order chi connectivity index (χ0) is 12.9. The van der Waals surface area contributed by atoms with E-state index in [4.69, 9.17) is 4.74 Å². The van der Waals surface area contributed by atoms with Crippen LogP contribution < -0.4 is 5.32 Å². The van der Waals surface area contributed by atoms with Crippen LogP contribution in [0.25, 0.3) is 0 Å². The molecular formula is C15H31NO. The van der Waals surface area contributed by atoms with Gasteiger partial charge in [0.25, 0.3) is 0 Å². The monoisotopic (exact) mass is 241 g/mol. The first-order valence-electron chi connectivity index (χ1n) is 7.21. The molecule has 0 aliphatic heterocycles. The lowest BCUT2D eigenvalue weighted by Crippen LogP contribution is -2.37. The fourth-order valence-corrected chi connectivity index (χ4v) is 3.12. The molecule has 1 N–H and O–H groups in total. The minimum Gasteiger partial charge on any atom is -0.381 e. The Morgan fingerprint density at radius 1 is 1.18 bits per heavy atom. The van der Waals surface area contributed by atoms with Crippen molar-refractivity contribution in [1.82, 2.24) is 5.32 Å². The molecule has 3 unspecified atom stereocenters. The first kappa shape index (κ1) is 15.0. The molecule has 1 aliphatic carbocycles. The van der Waals surface area contributed by atoms with Crippen LogP contribution in [-0.4, -0.2) is 26.8 Å². The highest BCUT2D eigenvalue weighted by Gasteiger charge is 2.35. The number of ether oxygens (including phenoxy) is 1. The summed E-state index contributed by atoms with van der Waals surface area (Å²) in [6, 6.07) is 0. The third-order valence-corrected chi connectivity index (χ3v) is 4.37. The maximum absolute atomic E-state index is 5.68. The molecule has 17 heavy (non-hydrogen) atoms. The van der Waals surface area contributed by atoms with Crippen LogP contribution in [-0.2, 0) is 4.74 Å². The second-order valence-corrected chi connectivity index (χ2v) is 6.61. The van der Waals surface area contributed by atoms with E-state index in [-0.39, 0.29) is 0 Å². The molecule has 0 spiro atoms. The van der Waals surface area contributed by atoms with Gasteiger partial charge in [-0.25, -0.2) is 0 Å². The van der Waals surface area contributed by atoms with E-state index in [1.54, 1.807) is 0 Å².